The zero-order valence-corrected chi connectivity index (χ0v) is 4.42. The number of ketones is 1. The zero-order chi connectivity index (χ0) is 5.98. The van der Waals surface area contributed by atoms with Gasteiger partial charge in [0.2, 0.25) is 5.78 Å². The van der Waals surface area contributed by atoms with Crippen LogP contribution in [0.1, 0.15) is 17.6 Å². The molecule has 0 fully saturated rings. The minimum atomic E-state index is -0.144. The summed E-state index contributed by atoms with van der Waals surface area (Å²) in [5, 5.41) is 0. The largest absolute Gasteiger partial charge is 0.442 e. The lowest BCUT2D eigenvalue weighted by Gasteiger charge is -1.78. The molecule has 3 heteroatoms. The van der Waals surface area contributed by atoms with Gasteiger partial charge in [-0.25, -0.2) is 4.98 Å². The van der Waals surface area contributed by atoms with Gasteiger partial charge in [0.25, 0.3) is 5.89 Å². The van der Waals surface area contributed by atoms with Crippen LogP contribution in [0.2, 0.25) is 0 Å². The Kier molecular flexibility index (Phi) is 1.12. The highest BCUT2D eigenvalue weighted by Gasteiger charge is 2.00. The average Bonchev–Trinajstić information content (AvgIpc) is 2.12. The van der Waals surface area contributed by atoms with Crippen LogP contribution in [0, 0.1) is 0 Å². The van der Waals surface area contributed by atoms with Gasteiger partial charge in [0.15, 0.2) is 0 Å². The van der Waals surface area contributed by atoms with E-state index in [0.29, 0.717) is 0 Å². The lowest BCUT2D eigenvalue weighted by Crippen LogP contribution is -1.89. The molecular formula is C5H5NO2. The van der Waals surface area contributed by atoms with E-state index < -0.39 is 0 Å². The Labute approximate surface area is 46.3 Å². The quantitative estimate of drug-likeness (QED) is 0.505. The van der Waals surface area contributed by atoms with Crippen molar-refractivity contribution in [2.75, 3.05) is 0 Å². The maximum absolute atomic E-state index is 10.4. The van der Waals surface area contributed by atoms with Crippen molar-refractivity contribution in [3.63, 3.8) is 0 Å². The first kappa shape index (κ1) is 5.03. The van der Waals surface area contributed by atoms with Gasteiger partial charge >= 0.3 is 0 Å². The van der Waals surface area contributed by atoms with Gasteiger partial charge in [0, 0.05) is 6.92 Å². The van der Waals surface area contributed by atoms with Crippen LogP contribution in [0.5, 0.6) is 0 Å². The van der Waals surface area contributed by atoms with Gasteiger partial charge in [-0.2, -0.15) is 0 Å². The number of carbonyl (C=O) groups excluding carboxylic acids is 1. The molecule has 0 bridgehead atoms. The highest BCUT2D eigenvalue weighted by atomic mass is 16.3. The molecule has 0 aliphatic carbocycles. The highest BCUT2D eigenvalue weighted by molar-refractivity contribution is 5.89. The predicted octanol–water partition coefficient (Wildman–Crippen LogP) is 0.877. The fourth-order valence-corrected chi connectivity index (χ4v) is 0.397. The fourth-order valence-electron chi connectivity index (χ4n) is 0.397. The Morgan fingerprint density at radius 2 is 2.62 bits per heavy atom. The molecule has 1 heterocycles. The standard InChI is InChI=1S/C5H5NO2/c1-4(7)5-6-2-3-8-5/h2-3H,1H3. The molecular weight excluding hydrogens is 106 g/mol. The first-order valence-corrected chi connectivity index (χ1v) is 2.21. The Balaban J connectivity index is 2.93. The molecule has 8 heavy (non-hydrogen) atoms. The second kappa shape index (κ2) is 1.78. The SMILES string of the molecule is CC(=O)c1ncco1. The van der Waals surface area contributed by atoms with E-state index in [1.54, 1.807) is 0 Å². The predicted molar refractivity (Wildman–Crippen MR) is 26.5 cm³/mol. The third-order valence-corrected chi connectivity index (χ3v) is 0.733. The number of hydrogen-bond donors (Lipinski definition) is 0. The van der Waals surface area contributed by atoms with Gasteiger partial charge in [0.05, 0.1) is 6.20 Å². The van der Waals surface area contributed by atoms with E-state index in [9.17, 15) is 4.79 Å². The molecule has 1 rings (SSSR count). The third kappa shape index (κ3) is 0.753. The van der Waals surface area contributed by atoms with Crippen molar-refractivity contribution in [3.05, 3.63) is 18.4 Å². The number of oxazole rings is 1. The zero-order valence-electron chi connectivity index (χ0n) is 4.42. The summed E-state index contributed by atoms with van der Waals surface area (Å²) in [6.45, 7) is 1.41. The smallest absolute Gasteiger partial charge is 0.262 e. The van der Waals surface area contributed by atoms with Gasteiger partial charge in [-0.05, 0) is 0 Å². The molecule has 3 nitrogen and oxygen atoms in total. The van der Waals surface area contributed by atoms with E-state index in [1.807, 2.05) is 0 Å². The van der Waals surface area contributed by atoms with Crippen molar-refractivity contribution in [2.45, 2.75) is 6.92 Å². The van der Waals surface area contributed by atoms with Crippen molar-refractivity contribution in [2.24, 2.45) is 0 Å². The fraction of sp³-hybridized carbons (Fsp3) is 0.200. The number of Topliss-reactive ketones (excluding diaryl/α,β-unsaturated/α-hetero) is 1. The molecule has 42 valence electrons. The monoisotopic (exact) mass is 111 g/mol. The summed E-state index contributed by atoms with van der Waals surface area (Å²) in [5.41, 5.74) is 0. The molecule has 0 unspecified atom stereocenters. The van der Waals surface area contributed by atoms with Crippen molar-refractivity contribution >= 4 is 5.78 Å². The lowest BCUT2D eigenvalue weighted by molar-refractivity contribution is 0.0981. The summed E-state index contributed by atoms with van der Waals surface area (Å²) in [6, 6.07) is 0. The number of nitrogens with zero attached hydrogens (tertiary/aromatic N) is 1. The summed E-state index contributed by atoms with van der Waals surface area (Å²) in [5.74, 6) is 0.0278. The van der Waals surface area contributed by atoms with Gasteiger partial charge < -0.3 is 4.42 Å². The van der Waals surface area contributed by atoms with Crippen LogP contribution in [0.15, 0.2) is 16.9 Å². The third-order valence-electron chi connectivity index (χ3n) is 0.733. The van der Waals surface area contributed by atoms with E-state index >= 15 is 0 Å². The highest BCUT2D eigenvalue weighted by Crippen LogP contribution is 1.93. The summed E-state index contributed by atoms with van der Waals surface area (Å²) in [4.78, 5) is 13.9. The van der Waals surface area contributed by atoms with Crippen molar-refractivity contribution in [1.82, 2.24) is 4.98 Å². The van der Waals surface area contributed by atoms with E-state index in [1.165, 1.54) is 19.4 Å². The summed E-state index contributed by atoms with van der Waals surface area (Å²) >= 11 is 0. The van der Waals surface area contributed by atoms with Crippen LogP contribution in [-0.4, -0.2) is 10.8 Å². The minimum absolute atomic E-state index is 0.144. The molecule has 1 aromatic rings. The van der Waals surface area contributed by atoms with E-state index in [-0.39, 0.29) is 11.7 Å². The number of aromatic nitrogens is 1. The molecule has 1 aromatic heterocycles. The van der Waals surface area contributed by atoms with Gasteiger partial charge in [0.1, 0.15) is 6.26 Å². The maximum Gasteiger partial charge on any atom is 0.262 e. The van der Waals surface area contributed by atoms with Crippen LogP contribution in [0.3, 0.4) is 0 Å². The van der Waals surface area contributed by atoms with E-state index in [0.717, 1.165) is 0 Å². The van der Waals surface area contributed by atoms with Gasteiger partial charge in [-0.3, -0.25) is 4.79 Å². The molecule has 0 saturated carbocycles. The Morgan fingerprint density at radius 1 is 1.88 bits per heavy atom. The topological polar surface area (TPSA) is 43.1 Å². The molecule has 0 aliphatic rings. The maximum atomic E-state index is 10.4. The second-order valence-corrected chi connectivity index (χ2v) is 1.39. The van der Waals surface area contributed by atoms with Crippen molar-refractivity contribution in [1.29, 1.82) is 0 Å². The van der Waals surface area contributed by atoms with Gasteiger partial charge in [-0.15, -0.1) is 0 Å². The molecule has 0 aromatic carbocycles. The summed E-state index contributed by atoms with van der Waals surface area (Å²) in [6.07, 6.45) is 2.81. The Morgan fingerprint density at radius 3 is 2.88 bits per heavy atom. The number of carbonyl (C=O) groups is 1. The second-order valence-electron chi connectivity index (χ2n) is 1.39. The molecule has 0 spiro atoms. The molecule has 0 atom stereocenters. The van der Waals surface area contributed by atoms with E-state index in [4.69, 9.17) is 0 Å². The molecule has 0 N–H and O–H groups in total. The minimum Gasteiger partial charge on any atom is -0.442 e. The molecule has 0 radical (unpaired) electrons. The van der Waals surface area contributed by atoms with Crippen LogP contribution < -0.4 is 0 Å². The van der Waals surface area contributed by atoms with Crippen LogP contribution >= 0.6 is 0 Å². The van der Waals surface area contributed by atoms with Crippen molar-refractivity contribution < 1.29 is 9.21 Å². The summed E-state index contributed by atoms with van der Waals surface area (Å²) < 4.78 is 4.63. The molecule has 0 amide bonds. The van der Waals surface area contributed by atoms with Gasteiger partial charge in [-0.1, -0.05) is 0 Å². The van der Waals surface area contributed by atoms with Crippen LogP contribution in [-0.2, 0) is 0 Å². The van der Waals surface area contributed by atoms with Crippen LogP contribution in [0.4, 0.5) is 0 Å². The first-order valence-electron chi connectivity index (χ1n) is 2.21. The Hall–Kier alpha value is -1.12. The lowest BCUT2D eigenvalue weighted by atomic mass is 10.5. The Bertz CT molecular complexity index is 178. The first-order chi connectivity index (χ1) is 3.80. The van der Waals surface area contributed by atoms with Crippen LogP contribution in [0.25, 0.3) is 0 Å². The molecule has 0 aliphatic heterocycles. The number of hydrogen-bond acceptors (Lipinski definition) is 3. The summed E-state index contributed by atoms with van der Waals surface area (Å²) in [7, 11) is 0. The number of rotatable bonds is 1. The van der Waals surface area contributed by atoms with Crippen molar-refractivity contribution in [3.8, 4) is 0 Å². The average molecular weight is 111 g/mol. The normalized spacial score (nSPS) is 9.12. The molecule has 0 saturated heterocycles. The van der Waals surface area contributed by atoms with E-state index in [2.05, 4.69) is 9.40 Å².